The Morgan fingerprint density at radius 3 is 2.28 bits per heavy atom. The van der Waals surface area contributed by atoms with Gasteiger partial charge in [-0.3, -0.25) is 4.79 Å². The van der Waals surface area contributed by atoms with Gasteiger partial charge in [0.1, 0.15) is 5.82 Å². The van der Waals surface area contributed by atoms with Crippen molar-refractivity contribution in [2.45, 2.75) is 12.8 Å². The van der Waals surface area contributed by atoms with Gasteiger partial charge in [0.05, 0.1) is 5.56 Å². The number of nitrogens with one attached hydrogen (secondary N) is 3. The zero-order valence-corrected chi connectivity index (χ0v) is 14.1. The summed E-state index contributed by atoms with van der Waals surface area (Å²) in [5.41, 5.74) is 1.87. The maximum absolute atomic E-state index is 12.6. The molecule has 130 valence electrons. The van der Waals surface area contributed by atoms with Crippen LogP contribution in [0.15, 0.2) is 42.6 Å². The van der Waals surface area contributed by atoms with Crippen molar-refractivity contribution >= 4 is 29.1 Å². The van der Waals surface area contributed by atoms with Crippen molar-refractivity contribution in [3.63, 3.8) is 0 Å². The fourth-order valence-corrected chi connectivity index (χ4v) is 2.78. The molecule has 0 radical (unpaired) electrons. The van der Waals surface area contributed by atoms with Crippen LogP contribution in [0.1, 0.15) is 23.2 Å². The molecule has 2 heterocycles. The molecule has 0 spiro atoms. The zero-order chi connectivity index (χ0) is 17.6. The van der Waals surface area contributed by atoms with E-state index in [9.17, 15) is 9.59 Å². The minimum absolute atomic E-state index is 0.193. The van der Waals surface area contributed by atoms with E-state index in [2.05, 4.69) is 25.8 Å². The summed E-state index contributed by atoms with van der Waals surface area (Å²) >= 11 is 0. The standard InChI is InChI=1S/C18H21N5O2/c1-19-18(25)22-14-8-6-13(7-9-14)21-17(24)15-5-4-10-20-16(15)23-11-2-3-12-23/h4-10H,2-3,11-12H2,1H3,(H,21,24)(H2,19,22,25). The van der Waals surface area contributed by atoms with Crippen LogP contribution >= 0.6 is 0 Å². The topological polar surface area (TPSA) is 86.4 Å². The summed E-state index contributed by atoms with van der Waals surface area (Å²) in [4.78, 5) is 30.5. The Kier molecular flexibility index (Phi) is 5.13. The Balaban J connectivity index is 1.71. The van der Waals surface area contributed by atoms with Gasteiger partial charge in [-0.05, 0) is 49.2 Å². The Morgan fingerprint density at radius 1 is 1.00 bits per heavy atom. The number of hydrogen-bond donors (Lipinski definition) is 3. The van der Waals surface area contributed by atoms with Crippen LogP contribution in [0.25, 0.3) is 0 Å². The maximum Gasteiger partial charge on any atom is 0.318 e. The Bertz CT molecular complexity index is 754. The van der Waals surface area contributed by atoms with Crippen LogP contribution in [0.3, 0.4) is 0 Å². The summed E-state index contributed by atoms with van der Waals surface area (Å²) < 4.78 is 0. The van der Waals surface area contributed by atoms with E-state index in [4.69, 9.17) is 0 Å². The van der Waals surface area contributed by atoms with Crippen molar-refractivity contribution < 1.29 is 9.59 Å². The molecule has 3 amide bonds. The fourth-order valence-electron chi connectivity index (χ4n) is 2.78. The van der Waals surface area contributed by atoms with Crippen LogP contribution in [-0.4, -0.2) is 37.1 Å². The van der Waals surface area contributed by atoms with Crippen molar-refractivity contribution in [3.8, 4) is 0 Å². The van der Waals surface area contributed by atoms with Gasteiger partial charge < -0.3 is 20.9 Å². The molecule has 25 heavy (non-hydrogen) atoms. The summed E-state index contributed by atoms with van der Waals surface area (Å²) in [5.74, 6) is 0.539. The number of carbonyl (C=O) groups excluding carboxylic acids is 2. The lowest BCUT2D eigenvalue weighted by atomic mass is 10.2. The second-order valence-corrected chi connectivity index (χ2v) is 5.80. The molecule has 1 aliphatic rings. The van der Waals surface area contributed by atoms with Crippen LogP contribution in [0.5, 0.6) is 0 Å². The lowest BCUT2D eigenvalue weighted by Crippen LogP contribution is -2.24. The van der Waals surface area contributed by atoms with Gasteiger partial charge in [-0.2, -0.15) is 0 Å². The number of hydrogen-bond acceptors (Lipinski definition) is 4. The van der Waals surface area contributed by atoms with Crippen LogP contribution < -0.4 is 20.9 Å². The molecule has 0 aliphatic carbocycles. The average Bonchev–Trinajstić information content (AvgIpc) is 3.18. The predicted molar refractivity (Wildman–Crippen MR) is 98.2 cm³/mol. The van der Waals surface area contributed by atoms with Crippen molar-refractivity contribution in [3.05, 3.63) is 48.2 Å². The third-order valence-corrected chi connectivity index (χ3v) is 4.06. The van der Waals surface area contributed by atoms with Gasteiger partial charge in [0, 0.05) is 37.7 Å². The number of urea groups is 1. The first-order chi connectivity index (χ1) is 12.2. The highest BCUT2D eigenvalue weighted by Gasteiger charge is 2.20. The van der Waals surface area contributed by atoms with Gasteiger partial charge in [0.25, 0.3) is 5.91 Å². The molecule has 1 fully saturated rings. The number of aromatic nitrogens is 1. The predicted octanol–water partition coefficient (Wildman–Crippen LogP) is 2.69. The lowest BCUT2D eigenvalue weighted by Gasteiger charge is -2.19. The molecule has 3 rings (SSSR count). The molecular weight excluding hydrogens is 318 g/mol. The van der Waals surface area contributed by atoms with Gasteiger partial charge in [-0.1, -0.05) is 0 Å². The highest BCUT2D eigenvalue weighted by atomic mass is 16.2. The second-order valence-electron chi connectivity index (χ2n) is 5.80. The van der Waals surface area contributed by atoms with E-state index in [1.807, 2.05) is 0 Å². The molecule has 0 saturated carbocycles. The molecule has 0 atom stereocenters. The molecule has 1 aliphatic heterocycles. The van der Waals surface area contributed by atoms with Crippen LogP contribution in [0.2, 0.25) is 0 Å². The van der Waals surface area contributed by atoms with E-state index in [-0.39, 0.29) is 11.9 Å². The number of nitrogens with zero attached hydrogens (tertiary/aromatic N) is 2. The second kappa shape index (κ2) is 7.65. The molecule has 7 nitrogen and oxygen atoms in total. The van der Waals surface area contributed by atoms with Gasteiger partial charge >= 0.3 is 6.03 Å². The third-order valence-electron chi connectivity index (χ3n) is 4.06. The van der Waals surface area contributed by atoms with E-state index < -0.39 is 0 Å². The zero-order valence-electron chi connectivity index (χ0n) is 14.1. The number of carbonyl (C=O) groups is 2. The third kappa shape index (κ3) is 4.06. The summed E-state index contributed by atoms with van der Waals surface area (Å²) in [6.07, 6.45) is 3.96. The Morgan fingerprint density at radius 2 is 1.64 bits per heavy atom. The molecule has 1 aromatic carbocycles. The van der Waals surface area contributed by atoms with Crippen molar-refractivity contribution in [2.75, 3.05) is 35.7 Å². The van der Waals surface area contributed by atoms with E-state index in [1.165, 1.54) is 0 Å². The Hall–Kier alpha value is -3.09. The fraction of sp³-hybridized carbons (Fsp3) is 0.278. The lowest BCUT2D eigenvalue weighted by molar-refractivity contribution is 0.102. The first-order valence-electron chi connectivity index (χ1n) is 8.27. The quantitative estimate of drug-likeness (QED) is 0.799. The van der Waals surface area contributed by atoms with Crippen LogP contribution in [0.4, 0.5) is 22.0 Å². The molecule has 7 heteroatoms. The minimum atomic E-state index is -0.289. The molecule has 0 unspecified atom stereocenters. The number of benzene rings is 1. The van der Waals surface area contributed by atoms with E-state index in [0.717, 1.165) is 31.7 Å². The molecule has 1 saturated heterocycles. The number of rotatable bonds is 4. The maximum atomic E-state index is 12.6. The molecule has 0 bridgehead atoms. The van der Waals surface area contributed by atoms with Gasteiger partial charge in [0.2, 0.25) is 0 Å². The van der Waals surface area contributed by atoms with E-state index in [0.29, 0.717) is 16.9 Å². The van der Waals surface area contributed by atoms with E-state index >= 15 is 0 Å². The summed E-state index contributed by atoms with van der Waals surface area (Å²) in [7, 11) is 1.55. The van der Waals surface area contributed by atoms with Crippen molar-refractivity contribution in [2.24, 2.45) is 0 Å². The average molecular weight is 339 g/mol. The Labute approximate surface area is 146 Å². The summed E-state index contributed by atoms with van der Waals surface area (Å²) in [5, 5.41) is 8.04. The van der Waals surface area contributed by atoms with E-state index in [1.54, 1.807) is 49.6 Å². The normalized spacial score (nSPS) is 13.4. The van der Waals surface area contributed by atoms with Crippen molar-refractivity contribution in [1.82, 2.24) is 10.3 Å². The molecule has 1 aromatic heterocycles. The summed E-state index contributed by atoms with van der Waals surface area (Å²) in [6, 6.07) is 10.2. The van der Waals surface area contributed by atoms with Gasteiger partial charge in [0.15, 0.2) is 0 Å². The molecule has 3 N–H and O–H groups in total. The molecule has 2 aromatic rings. The summed E-state index contributed by atoms with van der Waals surface area (Å²) in [6.45, 7) is 1.86. The number of pyridine rings is 1. The van der Waals surface area contributed by atoms with Crippen molar-refractivity contribution in [1.29, 1.82) is 0 Å². The first kappa shape index (κ1) is 16.8. The van der Waals surface area contributed by atoms with Gasteiger partial charge in [-0.15, -0.1) is 0 Å². The molecular formula is C18H21N5O2. The largest absolute Gasteiger partial charge is 0.356 e. The highest BCUT2D eigenvalue weighted by molar-refractivity contribution is 6.07. The number of anilines is 3. The van der Waals surface area contributed by atoms with Crippen LogP contribution in [0, 0.1) is 0 Å². The number of amides is 3. The first-order valence-corrected chi connectivity index (χ1v) is 8.27. The monoisotopic (exact) mass is 339 g/mol. The van der Waals surface area contributed by atoms with Gasteiger partial charge in [-0.25, -0.2) is 9.78 Å². The minimum Gasteiger partial charge on any atom is -0.356 e. The highest BCUT2D eigenvalue weighted by Crippen LogP contribution is 2.23. The smallest absolute Gasteiger partial charge is 0.318 e. The SMILES string of the molecule is CNC(=O)Nc1ccc(NC(=O)c2cccnc2N2CCCC2)cc1. The van der Waals surface area contributed by atoms with Crippen LogP contribution in [-0.2, 0) is 0 Å².